The number of rotatable bonds is 3. The van der Waals surface area contributed by atoms with Crippen LogP contribution in [0.3, 0.4) is 0 Å². The van der Waals surface area contributed by atoms with Gasteiger partial charge in [-0.25, -0.2) is 14.6 Å². The first-order valence-corrected chi connectivity index (χ1v) is 7.98. The highest BCUT2D eigenvalue weighted by molar-refractivity contribution is 5.87. The average molecular weight is 308 g/mol. The van der Waals surface area contributed by atoms with Crippen LogP contribution >= 0.6 is 0 Å². The molecule has 2 N–H and O–H groups in total. The van der Waals surface area contributed by atoms with Crippen molar-refractivity contribution in [3.05, 3.63) is 42.9 Å². The number of fused-ring (bicyclic) bond motifs is 1. The molecule has 2 aromatic heterocycles. The first-order valence-electron chi connectivity index (χ1n) is 7.98. The molecule has 3 aromatic rings. The zero-order chi connectivity index (χ0) is 15.8. The van der Waals surface area contributed by atoms with Crippen LogP contribution in [-0.4, -0.2) is 38.9 Å². The van der Waals surface area contributed by atoms with Gasteiger partial charge >= 0.3 is 0 Å². The van der Waals surface area contributed by atoms with Gasteiger partial charge in [0.15, 0.2) is 5.65 Å². The van der Waals surface area contributed by atoms with E-state index in [4.69, 9.17) is 5.73 Å². The smallest absolute Gasteiger partial charge is 0.168 e. The molecule has 23 heavy (non-hydrogen) atoms. The highest BCUT2D eigenvalue weighted by Crippen LogP contribution is 2.29. The summed E-state index contributed by atoms with van der Waals surface area (Å²) >= 11 is 0. The van der Waals surface area contributed by atoms with Gasteiger partial charge in [-0.15, -0.1) is 0 Å². The minimum atomic E-state index is 0.212. The van der Waals surface area contributed by atoms with Crippen LogP contribution in [0.15, 0.2) is 42.9 Å². The van der Waals surface area contributed by atoms with Crippen molar-refractivity contribution < 1.29 is 0 Å². The number of benzene rings is 1. The van der Waals surface area contributed by atoms with Crippen LogP contribution in [0.25, 0.3) is 16.7 Å². The molecule has 3 heterocycles. The molecule has 4 rings (SSSR count). The molecule has 0 amide bonds. The summed E-state index contributed by atoms with van der Waals surface area (Å²) in [7, 11) is 0. The Morgan fingerprint density at radius 2 is 2.04 bits per heavy atom. The van der Waals surface area contributed by atoms with Gasteiger partial charge in [0, 0.05) is 19.1 Å². The van der Waals surface area contributed by atoms with E-state index >= 15 is 0 Å². The van der Waals surface area contributed by atoms with E-state index in [-0.39, 0.29) is 6.04 Å². The SMILES string of the molecule is CC(N)C1CCN(c2ncnc3c2cnn3-c2ccccc2)C1. The third-order valence-electron chi connectivity index (χ3n) is 4.61. The molecule has 0 spiro atoms. The van der Waals surface area contributed by atoms with Crippen LogP contribution in [0.5, 0.6) is 0 Å². The molecular weight excluding hydrogens is 288 g/mol. The van der Waals surface area contributed by atoms with Crippen molar-refractivity contribution in [2.75, 3.05) is 18.0 Å². The summed E-state index contributed by atoms with van der Waals surface area (Å²) in [6.45, 7) is 4.01. The lowest BCUT2D eigenvalue weighted by atomic mass is 10.0. The Morgan fingerprint density at radius 3 is 2.78 bits per heavy atom. The summed E-state index contributed by atoms with van der Waals surface area (Å²) in [4.78, 5) is 11.3. The molecule has 118 valence electrons. The second-order valence-electron chi connectivity index (χ2n) is 6.18. The lowest BCUT2D eigenvalue weighted by molar-refractivity contribution is 0.488. The third-order valence-corrected chi connectivity index (χ3v) is 4.61. The van der Waals surface area contributed by atoms with E-state index < -0.39 is 0 Å². The Bertz CT molecular complexity index is 810. The predicted octanol–water partition coefficient (Wildman–Crippen LogP) is 1.99. The van der Waals surface area contributed by atoms with E-state index in [1.165, 1.54) is 0 Å². The molecule has 1 aliphatic heterocycles. The predicted molar refractivity (Wildman–Crippen MR) is 90.6 cm³/mol. The van der Waals surface area contributed by atoms with E-state index in [2.05, 4.69) is 26.9 Å². The second-order valence-corrected chi connectivity index (χ2v) is 6.18. The van der Waals surface area contributed by atoms with Crippen molar-refractivity contribution in [1.82, 2.24) is 19.7 Å². The summed E-state index contributed by atoms with van der Waals surface area (Å²) in [6, 6.07) is 10.3. The number of nitrogens with zero attached hydrogens (tertiary/aromatic N) is 5. The fourth-order valence-corrected chi connectivity index (χ4v) is 3.25. The summed E-state index contributed by atoms with van der Waals surface area (Å²) < 4.78 is 1.86. The van der Waals surface area contributed by atoms with Crippen LogP contribution in [-0.2, 0) is 0 Å². The maximum atomic E-state index is 6.05. The quantitative estimate of drug-likeness (QED) is 0.801. The Hall–Kier alpha value is -2.47. The van der Waals surface area contributed by atoms with E-state index in [0.717, 1.165) is 42.0 Å². The lowest BCUT2D eigenvalue weighted by Crippen LogP contribution is -2.30. The van der Waals surface area contributed by atoms with E-state index in [0.29, 0.717) is 5.92 Å². The first kappa shape index (κ1) is 14.1. The Kier molecular flexibility index (Phi) is 3.46. The summed E-state index contributed by atoms with van der Waals surface area (Å²) in [5.74, 6) is 1.48. The summed E-state index contributed by atoms with van der Waals surface area (Å²) in [5, 5.41) is 5.50. The number of nitrogens with two attached hydrogens (primary N) is 1. The van der Waals surface area contributed by atoms with Gasteiger partial charge < -0.3 is 10.6 Å². The van der Waals surface area contributed by atoms with Crippen molar-refractivity contribution in [2.45, 2.75) is 19.4 Å². The number of anilines is 1. The number of hydrogen-bond donors (Lipinski definition) is 1. The van der Waals surface area contributed by atoms with Crippen LogP contribution < -0.4 is 10.6 Å². The van der Waals surface area contributed by atoms with Gasteiger partial charge in [0.1, 0.15) is 12.1 Å². The zero-order valence-corrected chi connectivity index (χ0v) is 13.1. The lowest BCUT2D eigenvalue weighted by Gasteiger charge is -2.19. The summed E-state index contributed by atoms with van der Waals surface area (Å²) in [5.41, 5.74) is 7.90. The van der Waals surface area contributed by atoms with Gasteiger partial charge in [-0.2, -0.15) is 5.10 Å². The minimum absolute atomic E-state index is 0.212. The summed E-state index contributed by atoms with van der Waals surface area (Å²) in [6.07, 6.45) is 4.59. The van der Waals surface area contributed by atoms with Crippen LogP contribution in [0, 0.1) is 5.92 Å². The monoisotopic (exact) mass is 308 g/mol. The molecule has 2 unspecified atom stereocenters. The zero-order valence-electron chi connectivity index (χ0n) is 13.1. The molecule has 6 heteroatoms. The number of aromatic nitrogens is 4. The van der Waals surface area contributed by atoms with Crippen LogP contribution in [0.4, 0.5) is 5.82 Å². The van der Waals surface area contributed by atoms with Crippen molar-refractivity contribution in [3.63, 3.8) is 0 Å². The highest BCUT2D eigenvalue weighted by atomic mass is 15.3. The molecule has 0 bridgehead atoms. The Morgan fingerprint density at radius 1 is 1.22 bits per heavy atom. The molecule has 6 nitrogen and oxygen atoms in total. The molecule has 0 radical (unpaired) electrons. The fraction of sp³-hybridized carbons (Fsp3) is 0.353. The van der Waals surface area contributed by atoms with Crippen molar-refractivity contribution in [3.8, 4) is 5.69 Å². The second kappa shape index (κ2) is 5.62. The van der Waals surface area contributed by atoms with Crippen LogP contribution in [0.2, 0.25) is 0 Å². The van der Waals surface area contributed by atoms with Crippen molar-refractivity contribution in [1.29, 1.82) is 0 Å². The van der Waals surface area contributed by atoms with Crippen molar-refractivity contribution >= 4 is 16.9 Å². The van der Waals surface area contributed by atoms with E-state index in [9.17, 15) is 0 Å². The van der Waals surface area contributed by atoms with Gasteiger partial charge in [-0.05, 0) is 31.4 Å². The van der Waals surface area contributed by atoms with Gasteiger partial charge in [0.05, 0.1) is 17.3 Å². The third kappa shape index (κ3) is 2.45. The Balaban J connectivity index is 1.74. The standard InChI is InChI=1S/C17H20N6/c1-12(18)13-7-8-22(10-13)16-15-9-21-23(17(15)20-11-19-16)14-5-3-2-4-6-14/h2-6,9,11-13H,7-8,10,18H2,1H3. The van der Waals surface area contributed by atoms with E-state index in [1.807, 2.05) is 41.2 Å². The molecular formula is C17H20N6. The number of para-hydroxylation sites is 1. The number of hydrogen-bond acceptors (Lipinski definition) is 5. The molecule has 1 aromatic carbocycles. The molecule has 1 aliphatic rings. The average Bonchev–Trinajstić information content (AvgIpc) is 3.22. The van der Waals surface area contributed by atoms with Gasteiger partial charge in [-0.1, -0.05) is 18.2 Å². The van der Waals surface area contributed by atoms with Crippen LogP contribution in [0.1, 0.15) is 13.3 Å². The molecule has 2 atom stereocenters. The maximum Gasteiger partial charge on any atom is 0.168 e. The highest BCUT2D eigenvalue weighted by Gasteiger charge is 2.27. The normalized spacial score (nSPS) is 19.4. The maximum absolute atomic E-state index is 6.05. The first-order chi connectivity index (χ1) is 11.2. The molecule has 0 saturated carbocycles. The fourth-order valence-electron chi connectivity index (χ4n) is 3.25. The molecule has 1 saturated heterocycles. The van der Waals surface area contributed by atoms with E-state index in [1.54, 1.807) is 6.33 Å². The largest absolute Gasteiger partial charge is 0.356 e. The van der Waals surface area contributed by atoms with Gasteiger partial charge in [0.25, 0.3) is 0 Å². The van der Waals surface area contributed by atoms with Crippen molar-refractivity contribution in [2.24, 2.45) is 11.7 Å². The topological polar surface area (TPSA) is 72.9 Å². The molecule has 0 aliphatic carbocycles. The van der Waals surface area contributed by atoms with Gasteiger partial charge in [-0.3, -0.25) is 0 Å². The Labute approximate surface area is 135 Å². The molecule has 1 fully saturated rings. The minimum Gasteiger partial charge on any atom is -0.356 e. The van der Waals surface area contributed by atoms with Gasteiger partial charge in [0.2, 0.25) is 0 Å².